The molecule has 2 aromatic carbocycles. The summed E-state index contributed by atoms with van der Waals surface area (Å²) in [7, 11) is 0. The molecule has 0 bridgehead atoms. The molecule has 4 rings (SSSR count). The number of thioether (sulfide) groups is 1. The molecule has 5 nitrogen and oxygen atoms in total. The SMILES string of the molecule is O=C(O)c1ccccc1-c1ccc(/C=C2\SC(S)N(Cc3ccccc3)C2=O)o1. The number of furan rings is 1. The number of nitrogens with zero attached hydrogens (tertiary/aromatic N) is 1. The third-order valence-electron chi connectivity index (χ3n) is 4.49. The van der Waals surface area contributed by atoms with Gasteiger partial charge in [-0.05, 0) is 23.8 Å². The zero-order valence-corrected chi connectivity index (χ0v) is 16.9. The molecule has 1 atom stereocenters. The molecule has 0 aliphatic carbocycles. The van der Waals surface area contributed by atoms with Gasteiger partial charge in [-0.25, -0.2) is 4.79 Å². The van der Waals surface area contributed by atoms with Gasteiger partial charge in [0.15, 0.2) is 0 Å². The molecule has 1 unspecified atom stereocenters. The minimum absolute atomic E-state index is 0.109. The summed E-state index contributed by atoms with van der Waals surface area (Å²) in [5.74, 6) is -0.206. The topological polar surface area (TPSA) is 70.8 Å². The number of carbonyl (C=O) groups is 2. The van der Waals surface area contributed by atoms with E-state index in [4.69, 9.17) is 4.42 Å². The summed E-state index contributed by atoms with van der Waals surface area (Å²) in [6.07, 6.45) is 1.67. The van der Waals surface area contributed by atoms with Crippen LogP contribution >= 0.6 is 24.4 Å². The van der Waals surface area contributed by atoms with Crippen LogP contribution in [0.3, 0.4) is 0 Å². The summed E-state index contributed by atoms with van der Waals surface area (Å²) in [4.78, 5) is 26.5. The van der Waals surface area contributed by atoms with Crippen molar-refractivity contribution in [2.45, 2.75) is 11.3 Å². The van der Waals surface area contributed by atoms with Crippen LogP contribution in [0.2, 0.25) is 0 Å². The van der Waals surface area contributed by atoms with E-state index >= 15 is 0 Å². The second-order valence-corrected chi connectivity index (χ2v) is 8.38. The molecule has 1 amide bonds. The molecule has 0 spiro atoms. The van der Waals surface area contributed by atoms with Gasteiger partial charge < -0.3 is 14.4 Å². The van der Waals surface area contributed by atoms with Gasteiger partial charge in [0, 0.05) is 18.2 Å². The van der Waals surface area contributed by atoms with Crippen LogP contribution in [0.5, 0.6) is 0 Å². The van der Waals surface area contributed by atoms with Crippen LogP contribution < -0.4 is 0 Å². The molecule has 1 saturated heterocycles. The van der Waals surface area contributed by atoms with Gasteiger partial charge in [0.25, 0.3) is 5.91 Å². The van der Waals surface area contributed by atoms with E-state index in [0.717, 1.165) is 5.56 Å². The Morgan fingerprint density at radius 2 is 1.83 bits per heavy atom. The van der Waals surface area contributed by atoms with Gasteiger partial charge >= 0.3 is 5.97 Å². The van der Waals surface area contributed by atoms with Crippen molar-refractivity contribution in [2.24, 2.45) is 0 Å². The zero-order valence-electron chi connectivity index (χ0n) is 15.2. The quantitative estimate of drug-likeness (QED) is 0.448. The van der Waals surface area contributed by atoms with Crippen LogP contribution in [-0.2, 0) is 11.3 Å². The van der Waals surface area contributed by atoms with Crippen molar-refractivity contribution in [3.05, 3.63) is 88.5 Å². The summed E-state index contributed by atoms with van der Waals surface area (Å²) in [6.45, 7) is 0.480. The van der Waals surface area contributed by atoms with Gasteiger partial charge in [-0.15, -0.1) is 12.6 Å². The van der Waals surface area contributed by atoms with Crippen molar-refractivity contribution in [2.75, 3.05) is 0 Å². The Hall–Kier alpha value is -2.90. The number of benzene rings is 2. The fourth-order valence-corrected chi connectivity index (χ4v) is 4.54. The second kappa shape index (κ2) is 8.23. The van der Waals surface area contributed by atoms with Crippen molar-refractivity contribution in [3.63, 3.8) is 0 Å². The fourth-order valence-electron chi connectivity index (χ4n) is 3.08. The monoisotopic (exact) mass is 423 g/mol. The molecule has 3 aromatic rings. The summed E-state index contributed by atoms with van der Waals surface area (Å²) >= 11 is 5.89. The molecule has 0 saturated carbocycles. The van der Waals surface area contributed by atoms with Gasteiger partial charge in [-0.2, -0.15) is 0 Å². The van der Waals surface area contributed by atoms with Crippen LogP contribution in [0, 0.1) is 0 Å². The van der Waals surface area contributed by atoms with E-state index in [2.05, 4.69) is 12.6 Å². The normalized spacial score (nSPS) is 17.8. The van der Waals surface area contributed by atoms with E-state index < -0.39 is 5.97 Å². The van der Waals surface area contributed by atoms with Crippen LogP contribution in [0.15, 0.2) is 76.1 Å². The molecule has 146 valence electrons. The lowest BCUT2D eigenvalue weighted by Gasteiger charge is -2.19. The first-order valence-corrected chi connectivity index (χ1v) is 10.3. The second-order valence-electron chi connectivity index (χ2n) is 6.42. The Balaban J connectivity index is 1.57. The Bertz CT molecular complexity index is 1090. The predicted molar refractivity (Wildman–Crippen MR) is 116 cm³/mol. The van der Waals surface area contributed by atoms with Gasteiger partial charge in [0.2, 0.25) is 0 Å². The fraction of sp³-hybridized carbons (Fsp3) is 0.0909. The van der Waals surface area contributed by atoms with Gasteiger partial charge in [-0.3, -0.25) is 4.79 Å². The average molecular weight is 424 g/mol. The Morgan fingerprint density at radius 1 is 1.10 bits per heavy atom. The number of carboxylic acid groups (broad SMARTS) is 1. The lowest BCUT2D eigenvalue weighted by Crippen LogP contribution is -2.28. The lowest BCUT2D eigenvalue weighted by molar-refractivity contribution is -0.125. The maximum atomic E-state index is 12.8. The number of carbonyl (C=O) groups excluding carboxylic acids is 1. The number of aromatic carboxylic acids is 1. The molecule has 1 N–H and O–H groups in total. The van der Waals surface area contributed by atoms with Gasteiger partial charge in [0.05, 0.1) is 10.5 Å². The first kappa shape index (κ1) is 19.4. The average Bonchev–Trinajstić information content (AvgIpc) is 3.29. The largest absolute Gasteiger partial charge is 0.478 e. The van der Waals surface area contributed by atoms with E-state index in [0.29, 0.717) is 28.5 Å². The van der Waals surface area contributed by atoms with Crippen LogP contribution in [-0.4, -0.2) is 26.6 Å². The number of thiol groups is 1. The van der Waals surface area contributed by atoms with Crippen molar-refractivity contribution in [1.29, 1.82) is 0 Å². The van der Waals surface area contributed by atoms with E-state index in [9.17, 15) is 14.7 Å². The lowest BCUT2D eigenvalue weighted by atomic mass is 10.1. The molecule has 1 fully saturated rings. The summed E-state index contributed by atoms with van der Waals surface area (Å²) in [5.41, 5.74) is 1.69. The van der Waals surface area contributed by atoms with E-state index in [1.807, 2.05) is 30.3 Å². The highest BCUT2D eigenvalue weighted by Gasteiger charge is 2.34. The van der Waals surface area contributed by atoms with Crippen molar-refractivity contribution in [3.8, 4) is 11.3 Å². The highest BCUT2D eigenvalue weighted by molar-refractivity contribution is 8.14. The number of hydrogen-bond acceptors (Lipinski definition) is 5. The highest BCUT2D eigenvalue weighted by atomic mass is 32.2. The Morgan fingerprint density at radius 3 is 2.59 bits per heavy atom. The third-order valence-corrected chi connectivity index (χ3v) is 6.10. The van der Waals surface area contributed by atoms with E-state index in [-0.39, 0.29) is 16.2 Å². The Labute approximate surface area is 177 Å². The first-order valence-electron chi connectivity index (χ1n) is 8.87. The maximum Gasteiger partial charge on any atom is 0.336 e. The van der Waals surface area contributed by atoms with Crippen LogP contribution in [0.4, 0.5) is 0 Å². The van der Waals surface area contributed by atoms with Crippen molar-refractivity contribution >= 4 is 42.3 Å². The van der Waals surface area contributed by atoms with Crippen molar-refractivity contribution in [1.82, 2.24) is 4.90 Å². The summed E-state index contributed by atoms with van der Waals surface area (Å²) in [5, 5.41) is 9.36. The van der Waals surface area contributed by atoms with E-state index in [1.165, 1.54) is 17.8 Å². The minimum Gasteiger partial charge on any atom is -0.478 e. The zero-order chi connectivity index (χ0) is 20.4. The molecule has 1 aliphatic rings. The molecule has 7 heteroatoms. The predicted octanol–water partition coefficient (Wildman–Crippen LogP) is 4.97. The molecule has 1 aromatic heterocycles. The van der Waals surface area contributed by atoms with E-state index in [1.54, 1.807) is 41.3 Å². The molecule has 2 heterocycles. The standard InChI is InChI=1S/C22H17NO4S2/c24-20-19(29-22(28)23(20)13-14-6-2-1-3-7-14)12-15-10-11-18(27-15)16-8-4-5-9-17(16)21(25)26/h1-12,22,28H,13H2,(H,25,26)/b19-12-. The van der Waals surface area contributed by atoms with Crippen LogP contribution in [0.25, 0.3) is 17.4 Å². The summed E-state index contributed by atoms with van der Waals surface area (Å²) < 4.78 is 5.53. The number of carboxylic acids is 1. The summed E-state index contributed by atoms with van der Waals surface area (Å²) in [6, 6.07) is 19.8. The molecule has 29 heavy (non-hydrogen) atoms. The highest BCUT2D eigenvalue weighted by Crippen LogP contribution is 2.39. The smallest absolute Gasteiger partial charge is 0.336 e. The number of rotatable bonds is 5. The minimum atomic E-state index is -1.02. The number of amides is 1. The maximum absolute atomic E-state index is 12.8. The molecule has 0 radical (unpaired) electrons. The van der Waals surface area contributed by atoms with Gasteiger partial charge in [0.1, 0.15) is 16.2 Å². The third kappa shape index (κ3) is 4.11. The molecular weight excluding hydrogens is 406 g/mol. The van der Waals surface area contributed by atoms with Gasteiger partial charge in [-0.1, -0.05) is 60.3 Å². The molecular formula is C22H17NO4S2. The first-order chi connectivity index (χ1) is 14.0. The van der Waals surface area contributed by atoms with Crippen LogP contribution in [0.1, 0.15) is 21.7 Å². The number of hydrogen-bond donors (Lipinski definition) is 2. The molecule has 1 aliphatic heterocycles. The van der Waals surface area contributed by atoms with Crippen molar-refractivity contribution < 1.29 is 19.1 Å². The Kier molecular flexibility index (Phi) is 5.51.